The van der Waals surface area contributed by atoms with Crippen LogP contribution in [0.15, 0.2) is 12.1 Å². The van der Waals surface area contributed by atoms with Crippen LogP contribution in [0.1, 0.15) is 51.0 Å². The van der Waals surface area contributed by atoms with Gasteiger partial charge in [-0.25, -0.2) is 13.8 Å². The summed E-state index contributed by atoms with van der Waals surface area (Å²) in [6, 6.07) is 1.78. The molecule has 248 valence electrons. The van der Waals surface area contributed by atoms with Gasteiger partial charge in [-0.15, -0.1) is 0 Å². The normalized spacial score (nSPS) is 27.5. The average molecular weight is 668 g/mol. The van der Waals surface area contributed by atoms with Gasteiger partial charge >= 0.3 is 12.2 Å². The van der Waals surface area contributed by atoms with Crippen molar-refractivity contribution in [2.75, 3.05) is 50.5 Å². The number of fused-ring (bicyclic) bond motifs is 3. The highest BCUT2D eigenvalue weighted by Gasteiger charge is 2.50. The van der Waals surface area contributed by atoms with Gasteiger partial charge in [0.2, 0.25) is 5.88 Å². The van der Waals surface area contributed by atoms with E-state index in [2.05, 4.69) is 25.1 Å². The smallest absolute Gasteiger partial charge is 0.418 e. The molecule has 4 atom stereocenters. The minimum atomic E-state index is -4.95. The summed E-state index contributed by atoms with van der Waals surface area (Å²) in [5.41, 5.74) is 1.69. The molecule has 2 bridgehead atoms. The lowest BCUT2D eigenvalue weighted by atomic mass is 9.95. The molecule has 5 heterocycles. The number of nitrogens with one attached hydrogen (secondary N) is 1. The summed E-state index contributed by atoms with van der Waals surface area (Å²) in [5.74, 6) is -0.900. The summed E-state index contributed by atoms with van der Waals surface area (Å²) in [4.78, 5) is 17.7. The van der Waals surface area contributed by atoms with Crippen LogP contribution in [-0.2, 0) is 6.18 Å². The first-order valence-corrected chi connectivity index (χ1v) is 15.9. The van der Waals surface area contributed by atoms with Crippen molar-refractivity contribution >= 4 is 34.0 Å². The number of anilines is 2. The molecule has 2 aromatic heterocycles. The Kier molecular flexibility index (Phi) is 7.63. The minimum absolute atomic E-state index is 0.0178. The Labute approximate surface area is 267 Å². The Morgan fingerprint density at radius 2 is 2.00 bits per heavy atom. The monoisotopic (exact) mass is 667 g/mol. The third-order valence-electron chi connectivity index (χ3n) is 9.93. The van der Waals surface area contributed by atoms with Crippen LogP contribution in [0.25, 0.3) is 22.2 Å². The number of aromatic nitrogens is 3. The Balaban J connectivity index is 1.45. The van der Waals surface area contributed by atoms with E-state index in [-0.39, 0.29) is 41.1 Å². The van der Waals surface area contributed by atoms with Gasteiger partial charge in [0.15, 0.2) is 5.82 Å². The second-order valence-corrected chi connectivity index (χ2v) is 13.6. The first-order valence-electron chi connectivity index (χ1n) is 15.5. The van der Waals surface area contributed by atoms with Gasteiger partial charge in [-0.1, -0.05) is 11.6 Å². The SMILES string of the molecule is CNCCN1c2nc(OC[C@@]34CCCN3C[C@H](F)C4)nc3c(F)c(-c4cc(N)cc(Cl)c4C(F)(F)F)nc(c23)OC2(C)CCC1C2. The molecule has 0 radical (unpaired) electrons. The number of pyridine rings is 1. The molecule has 4 aliphatic rings. The molecule has 1 saturated carbocycles. The molecule has 1 aromatic carbocycles. The number of hydrogen-bond acceptors (Lipinski definition) is 9. The molecule has 3 fully saturated rings. The number of hydrogen-bond donors (Lipinski definition) is 2. The number of nitrogens with zero attached hydrogens (tertiary/aromatic N) is 5. The van der Waals surface area contributed by atoms with Crippen molar-refractivity contribution in [3.05, 3.63) is 28.5 Å². The van der Waals surface area contributed by atoms with Crippen molar-refractivity contribution in [1.82, 2.24) is 25.2 Å². The lowest BCUT2D eigenvalue weighted by Gasteiger charge is -2.36. The summed E-state index contributed by atoms with van der Waals surface area (Å²) in [7, 11) is 1.82. The van der Waals surface area contributed by atoms with Gasteiger partial charge < -0.3 is 25.4 Å². The first-order chi connectivity index (χ1) is 21.8. The van der Waals surface area contributed by atoms with Crippen molar-refractivity contribution < 1.29 is 31.4 Å². The fourth-order valence-electron chi connectivity index (χ4n) is 7.84. The zero-order valence-electron chi connectivity index (χ0n) is 25.5. The molecule has 1 aliphatic carbocycles. The van der Waals surface area contributed by atoms with Crippen LogP contribution < -0.4 is 25.4 Å². The van der Waals surface area contributed by atoms with Crippen molar-refractivity contribution in [3.63, 3.8) is 0 Å². The fourth-order valence-corrected chi connectivity index (χ4v) is 8.17. The van der Waals surface area contributed by atoms with Crippen LogP contribution >= 0.6 is 11.6 Å². The van der Waals surface area contributed by atoms with Gasteiger partial charge in [0.1, 0.15) is 40.8 Å². The number of alkyl halides is 4. The lowest BCUT2D eigenvalue weighted by Crippen LogP contribution is -2.44. The predicted molar refractivity (Wildman–Crippen MR) is 164 cm³/mol. The second-order valence-electron chi connectivity index (χ2n) is 13.2. The molecule has 7 rings (SSSR count). The van der Waals surface area contributed by atoms with Gasteiger partial charge in [0.25, 0.3) is 0 Å². The van der Waals surface area contributed by atoms with Crippen LogP contribution in [0, 0.1) is 5.82 Å². The number of rotatable bonds is 7. The number of nitrogens with two attached hydrogens (primary N) is 1. The standard InChI is InChI=1S/C31H35ClF5N7O2/c1-29-6-4-18(13-29)44(9-7-39-2)26-21-25(41-28(42-26)45-15-30-5-3-8-43(30)14-16(33)12-30)23(34)24(40-27(21)46-29)19-10-17(38)11-20(32)22(19)31(35,36)37/h10-11,16,18,39H,3-9,12-15,38H2,1-2H3/t16-,18?,29?,30+/m1/s1. The first kappa shape index (κ1) is 31.4. The molecule has 3 N–H and O–H groups in total. The van der Waals surface area contributed by atoms with E-state index in [4.69, 9.17) is 31.8 Å². The molecule has 0 spiro atoms. The van der Waals surface area contributed by atoms with Gasteiger partial charge in [0, 0.05) is 49.8 Å². The maximum atomic E-state index is 16.8. The second kappa shape index (κ2) is 11.2. The molecule has 0 amide bonds. The van der Waals surface area contributed by atoms with Crippen molar-refractivity contribution in [1.29, 1.82) is 0 Å². The average Bonchev–Trinajstić information content (AvgIpc) is 3.64. The number of likely N-dealkylation sites (N-methyl/N-ethyl adjacent to an activating group) is 1. The Hall–Kier alpha value is -3.23. The molecule has 2 saturated heterocycles. The molecular formula is C31H35ClF5N7O2. The van der Waals surface area contributed by atoms with Crippen LogP contribution in [0.2, 0.25) is 5.02 Å². The van der Waals surface area contributed by atoms with Crippen LogP contribution in [0.5, 0.6) is 11.9 Å². The molecule has 9 nitrogen and oxygen atoms in total. The molecule has 46 heavy (non-hydrogen) atoms. The predicted octanol–water partition coefficient (Wildman–Crippen LogP) is 5.77. The number of ether oxygens (including phenoxy) is 2. The molecule has 2 unspecified atom stereocenters. The van der Waals surface area contributed by atoms with Gasteiger partial charge in [-0.05, 0) is 58.3 Å². The quantitative estimate of drug-likeness (QED) is 0.240. The summed E-state index contributed by atoms with van der Waals surface area (Å²) >= 11 is 6.05. The summed E-state index contributed by atoms with van der Waals surface area (Å²) in [6.45, 7) is 4.14. The maximum Gasteiger partial charge on any atom is 0.418 e. The van der Waals surface area contributed by atoms with Crippen LogP contribution in [0.3, 0.4) is 0 Å². The topological polar surface area (TPSA) is 102 Å². The minimum Gasteiger partial charge on any atom is -0.471 e. The summed E-state index contributed by atoms with van der Waals surface area (Å²) < 4.78 is 87.0. The zero-order chi connectivity index (χ0) is 32.6. The fraction of sp³-hybridized carbons (Fsp3) is 0.581. The van der Waals surface area contributed by atoms with Crippen molar-refractivity contribution in [2.24, 2.45) is 0 Å². The zero-order valence-corrected chi connectivity index (χ0v) is 26.2. The molecular weight excluding hydrogens is 633 g/mol. The van der Waals surface area contributed by atoms with Crippen LogP contribution in [-0.4, -0.2) is 83.0 Å². The Morgan fingerprint density at radius 3 is 2.76 bits per heavy atom. The van der Waals surface area contributed by atoms with E-state index in [9.17, 15) is 17.6 Å². The highest BCUT2D eigenvalue weighted by atomic mass is 35.5. The van der Waals surface area contributed by atoms with Crippen molar-refractivity contribution in [3.8, 4) is 23.1 Å². The third kappa shape index (κ3) is 5.26. The molecule has 3 aromatic rings. The lowest BCUT2D eigenvalue weighted by molar-refractivity contribution is -0.137. The highest BCUT2D eigenvalue weighted by Crippen LogP contribution is 2.49. The third-order valence-corrected chi connectivity index (χ3v) is 10.2. The van der Waals surface area contributed by atoms with E-state index in [1.165, 1.54) is 0 Å². The van der Waals surface area contributed by atoms with Crippen molar-refractivity contribution in [2.45, 2.75) is 75.0 Å². The van der Waals surface area contributed by atoms with E-state index < -0.39 is 51.1 Å². The van der Waals surface area contributed by atoms with E-state index in [1.807, 2.05) is 14.0 Å². The maximum absolute atomic E-state index is 16.8. The number of nitrogen functional groups attached to an aromatic ring is 1. The van der Waals surface area contributed by atoms with E-state index in [0.29, 0.717) is 44.7 Å². The van der Waals surface area contributed by atoms with E-state index >= 15 is 4.39 Å². The van der Waals surface area contributed by atoms with E-state index in [0.717, 1.165) is 37.9 Å². The highest BCUT2D eigenvalue weighted by molar-refractivity contribution is 6.32. The Bertz CT molecular complexity index is 1700. The van der Waals surface area contributed by atoms with Gasteiger partial charge in [-0.3, -0.25) is 4.90 Å². The van der Waals surface area contributed by atoms with Gasteiger partial charge in [-0.2, -0.15) is 23.1 Å². The molecule has 3 aliphatic heterocycles. The number of halogens is 6. The Morgan fingerprint density at radius 1 is 1.20 bits per heavy atom. The summed E-state index contributed by atoms with van der Waals surface area (Å²) in [6.07, 6.45) is -2.04. The molecule has 15 heteroatoms. The van der Waals surface area contributed by atoms with Gasteiger partial charge in [0.05, 0.1) is 16.1 Å². The number of benzene rings is 1. The largest absolute Gasteiger partial charge is 0.471 e. The summed E-state index contributed by atoms with van der Waals surface area (Å²) in [5, 5.41) is 2.59. The van der Waals surface area contributed by atoms with E-state index in [1.54, 1.807) is 0 Å². The van der Waals surface area contributed by atoms with Crippen LogP contribution in [0.4, 0.5) is 33.5 Å².